The molecule has 0 unspecified atom stereocenters. The van der Waals surface area contributed by atoms with Crippen molar-refractivity contribution in [3.05, 3.63) is 48.0 Å². The zero-order valence-electron chi connectivity index (χ0n) is 13.4. The van der Waals surface area contributed by atoms with Gasteiger partial charge < -0.3 is 9.47 Å². The molecule has 0 spiro atoms. The summed E-state index contributed by atoms with van der Waals surface area (Å²) in [7, 11) is 3.13. The van der Waals surface area contributed by atoms with E-state index in [1.807, 2.05) is 12.1 Å². The summed E-state index contributed by atoms with van der Waals surface area (Å²) >= 11 is 0. The number of amides is 2. The fourth-order valence-corrected chi connectivity index (χ4v) is 1.94. The lowest BCUT2D eigenvalue weighted by molar-refractivity contribution is -0.121. The predicted octanol–water partition coefficient (Wildman–Crippen LogP) is 0.888. The first-order valence-electron chi connectivity index (χ1n) is 7.19. The molecule has 0 saturated heterocycles. The highest BCUT2D eigenvalue weighted by Crippen LogP contribution is 2.23. The minimum absolute atomic E-state index is 0.121. The van der Waals surface area contributed by atoms with Gasteiger partial charge in [0.1, 0.15) is 17.2 Å². The van der Waals surface area contributed by atoms with Crippen LogP contribution in [0.25, 0.3) is 0 Å². The minimum Gasteiger partial charge on any atom is -0.497 e. The molecule has 0 aliphatic rings. The number of aromatic nitrogens is 2. The van der Waals surface area contributed by atoms with Crippen LogP contribution in [0.1, 0.15) is 22.5 Å². The number of aryl methyl sites for hydroxylation is 1. The SMILES string of the molecule is COc1cc(CCC(=O)NNC(=O)c2cnccn2)cc(OC)c1. The molecule has 0 aliphatic carbocycles. The van der Waals surface area contributed by atoms with Crippen LogP contribution in [0.4, 0.5) is 0 Å². The van der Waals surface area contributed by atoms with Gasteiger partial charge in [-0.1, -0.05) is 0 Å². The van der Waals surface area contributed by atoms with Gasteiger partial charge >= 0.3 is 0 Å². The van der Waals surface area contributed by atoms with Crippen molar-refractivity contribution in [1.82, 2.24) is 20.8 Å². The summed E-state index contributed by atoms with van der Waals surface area (Å²) < 4.78 is 10.4. The highest BCUT2D eigenvalue weighted by molar-refractivity contribution is 5.93. The van der Waals surface area contributed by atoms with E-state index >= 15 is 0 Å². The van der Waals surface area contributed by atoms with Crippen LogP contribution in [-0.2, 0) is 11.2 Å². The third-order valence-electron chi connectivity index (χ3n) is 3.16. The molecule has 2 rings (SSSR count). The number of nitrogens with zero attached hydrogens (tertiary/aromatic N) is 2. The number of carbonyl (C=O) groups is 2. The van der Waals surface area contributed by atoms with Crippen LogP contribution < -0.4 is 20.3 Å². The first kappa shape index (κ1) is 17.2. The molecule has 0 saturated carbocycles. The second-order valence-corrected chi connectivity index (χ2v) is 4.81. The van der Waals surface area contributed by atoms with Crippen LogP contribution in [0.3, 0.4) is 0 Å². The Morgan fingerprint density at radius 1 is 1.04 bits per heavy atom. The first-order valence-corrected chi connectivity index (χ1v) is 7.19. The maximum absolute atomic E-state index is 11.8. The van der Waals surface area contributed by atoms with Crippen molar-refractivity contribution in [3.8, 4) is 11.5 Å². The molecule has 0 atom stereocenters. The molecule has 0 radical (unpaired) electrons. The number of hydrogen-bond donors (Lipinski definition) is 2. The molecule has 8 nitrogen and oxygen atoms in total. The van der Waals surface area contributed by atoms with E-state index in [9.17, 15) is 9.59 Å². The highest BCUT2D eigenvalue weighted by atomic mass is 16.5. The van der Waals surface area contributed by atoms with E-state index in [0.717, 1.165) is 5.56 Å². The average molecular weight is 330 g/mol. The van der Waals surface area contributed by atoms with E-state index in [4.69, 9.17) is 9.47 Å². The molecule has 8 heteroatoms. The third kappa shape index (κ3) is 4.94. The van der Waals surface area contributed by atoms with Crippen molar-refractivity contribution < 1.29 is 19.1 Å². The summed E-state index contributed by atoms with van der Waals surface area (Å²) in [6, 6.07) is 5.41. The Labute approximate surface area is 139 Å². The molecule has 0 bridgehead atoms. The summed E-state index contributed by atoms with van der Waals surface area (Å²) in [6.07, 6.45) is 4.83. The molecule has 24 heavy (non-hydrogen) atoms. The average Bonchev–Trinajstić information content (AvgIpc) is 2.64. The Balaban J connectivity index is 1.84. The third-order valence-corrected chi connectivity index (χ3v) is 3.16. The molecule has 0 aliphatic heterocycles. The lowest BCUT2D eigenvalue weighted by Gasteiger charge is -2.09. The standard InChI is InChI=1S/C16H18N4O4/c1-23-12-7-11(8-13(9-12)24-2)3-4-15(21)19-20-16(22)14-10-17-5-6-18-14/h5-10H,3-4H2,1-2H3,(H,19,21)(H,20,22). The number of methoxy groups -OCH3 is 2. The van der Waals surface area contributed by atoms with Crippen LogP contribution in [0.15, 0.2) is 36.8 Å². The molecule has 2 aromatic rings. The minimum atomic E-state index is -0.528. The van der Waals surface area contributed by atoms with Gasteiger partial charge in [0, 0.05) is 24.9 Å². The highest BCUT2D eigenvalue weighted by Gasteiger charge is 2.09. The van der Waals surface area contributed by atoms with Gasteiger partial charge in [-0.25, -0.2) is 4.98 Å². The van der Waals surface area contributed by atoms with Gasteiger partial charge in [-0.3, -0.25) is 25.4 Å². The zero-order chi connectivity index (χ0) is 17.4. The number of benzene rings is 1. The van der Waals surface area contributed by atoms with Crippen molar-refractivity contribution in [2.45, 2.75) is 12.8 Å². The quantitative estimate of drug-likeness (QED) is 0.763. The van der Waals surface area contributed by atoms with Crippen LogP contribution >= 0.6 is 0 Å². The van der Waals surface area contributed by atoms with Gasteiger partial charge in [-0.15, -0.1) is 0 Å². The number of hydrogen-bond acceptors (Lipinski definition) is 6. The normalized spacial score (nSPS) is 9.92. The maximum atomic E-state index is 11.8. The number of hydrazine groups is 1. The van der Waals surface area contributed by atoms with Gasteiger partial charge in [0.2, 0.25) is 5.91 Å². The fourth-order valence-electron chi connectivity index (χ4n) is 1.94. The Morgan fingerprint density at radius 3 is 2.33 bits per heavy atom. The van der Waals surface area contributed by atoms with E-state index in [0.29, 0.717) is 17.9 Å². The van der Waals surface area contributed by atoms with Gasteiger partial charge in [-0.05, 0) is 24.1 Å². The summed E-state index contributed by atoms with van der Waals surface area (Å²) in [5.41, 5.74) is 5.64. The van der Waals surface area contributed by atoms with E-state index in [1.165, 1.54) is 18.6 Å². The summed E-state index contributed by atoms with van der Waals surface area (Å²) in [5.74, 6) is 0.454. The monoisotopic (exact) mass is 330 g/mol. The molecule has 1 heterocycles. The zero-order valence-corrected chi connectivity index (χ0v) is 13.4. The van der Waals surface area contributed by atoms with Crippen molar-refractivity contribution in [3.63, 3.8) is 0 Å². The number of ether oxygens (including phenoxy) is 2. The van der Waals surface area contributed by atoms with Crippen molar-refractivity contribution in [2.75, 3.05) is 14.2 Å². The summed E-state index contributed by atoms with van der Waals surface area (Å²) in [6.45, 7) is 0. The molecule has 126 valence electrons. The molecule has 1 aromatic heterocycles. The molecule has 2 amide bonds. The fraction of sp³-hybridized carbons (Fsp3) is 0.250. The summed E-state index contributed by atoms with van der Waals surface area (Å²) in [5, 5.41) is 0. The lowest BCUT2D eigenvalue weighted by atomic mass is 10.1. The largest absolute Gasteiger partial charge is 0.497 e. The molecular formula is C16H18N4O4. The van der Waals surface area contributed by atoms with Crippen LogP contribution in [0.2, 0.25) is 0 Å². The van der Waals surface area contributed by atoms with E-state index in [1.54, 1.807) is 20.3 Å². The van der Waals surface area contributed by atoms with Crippen molar-refractivity contribution in [1.29, 1.82) is 0 Å². The second kappa shape index (κ2) is 8.47. The van der Waals surface area contributed by atoms with Gasteiger partial charge in [0.05, 0.1) is 20.4 Å². The topological polar surface area (TPSA) is 102 Å². The van der Waals surface area contributed by atoms with E-state index in [-0.39, 0.29) is 18.0 Å². The molecule has 1 aromatic carbocycles. The number of nitrogens with one attached hydrogen (secondary N) is 2. The second-order valence-electron chi connectivity index (χ2n) is 4.81. The maximum Gasteiger partial charge on any atom is 0.289 e. The Kier molecular flexibility index (Phi) is 6.07. The summed E-state index contributed by atoms with van der Waals surface area (Å²) in [4.78, 5) is 31.2. The van der Waals surface area contributed by atoms with Gasteiger partial charge in [-0.2, -0.15) is 0 Å². The Bertz CT molecular complexity index is 684. The smallest absolute Gasteiger partial charge is 0.289 e. The van der Waals surface area contributed by atoms with Gasteiger partial charge in [0.25, 0.3) is 5.91 Å². The first-order chi connectivity index (χ1) is 11.6. The lowest BCUT2D eigenvalue weighted by Crippen LogP contribution is -2.42. The van der Waals surface area contributed by atoms with Crippen LogP contribution in [0, 0.1) is 0 Å². The number of rotatable bonds is 6. The van der Waals surface area contributed by atoms with Crippen molar-refractivity contribution in [2.24, 2.45) is 0 Å². The van der Waals surface area contributed by atoms with E-state index in [2.05, 4.69) is 20.8 Å². The van der Waals surface area contributed by atoms with Crippen LogP contribution in [-0.4, -0.2) is 36.0 Å². The predicted molar refractivity (Wildman–Crippen MR) is 85.5 cm³/mol. The van der Waals surface area contributed by atoms with Crippen molar-refractivity contribution >= 4 is 11.8 Å². The Morgan fingerprint density at radius 2 is 1.75 bits per heavy atom. The Hall–Kier alpha value is -3.16. The number of carbonyl (C=O) groups excluding carboxylic acids is 2. The van der Waals surface area contributed by atoms with Crippen LogP contribution in [0.5, 0.6) is 11.5 Å². The molecule has 2 N–H and O–H groups in total. The molecular weight excluding hydrogens is 312 g/mol. The van der Waals surface area contributed by atoms with E-state index < -0.39 is 5.91 Å². The molecule has 0 fully saturated rings. The van der Waals surface area contributed by atoms with Gasteiger partial charge in [0.15, 0.2) is 0 Å².